The molecule has 6 heteroatoms. The second kappa shape index (κ2) is 7.93. The Labute approximate surface area is 126 Å². The summed E-state index contributed by atoms with van der Waals surface area (Å²) in [7, 11) is 1.62. The minimum Gasteiger partial charge on any atom is -0.478 e. The van der Waals surface area contributed by atoms with Crippen molar-refractivity contribution in [1.82, 2.24) is 10.2 Å². The van der Waals surface area contributed by atoms with Crippen molar-refractivity contribution in [2.45, 2.75) is 46.6 Å². The second-order valence-corrected chi connectivity index (χ2v) is 5.12. The highest BCUT2D eigenvalue weighted by Crippen LogP contribution is 2.25. The van der Waals surface area contributed by atoms with Crippen LogP contribution < -0.4 is 4.90 Å². The summed E-state index contributed by atoms with van der Waals surface area (Å²) in [5.41, 5.74) is 1.81. The Morgan fingerprint density at radius 2 is 1.95 bits per heavy atom. The summed E-state index contributed by atoms with van der Waals surface area (Å²) >= 11 is 0. The van der Waals surface area contributed by atoms with Gasteiger partial charge in [0.1, 0.15) is 5.56 Å². The fourth-order valence-corrected chi connectivity index (χ4v) is 2.39. The molecule has 0 spiro atoms. The standard InChI is InChI=1S/C15H25N3O3/c1-6-11-12(7-2)16-17-14(13(11)15(19)20)18(10(3)4)8-9-21-5/h10H,6-9H2,1-5H3,(H,19,20). The van der Waals surface area contributed by atoms with Crippen molar-refractivity contribution in [1.29, 1.82) is 0 Å². The zero-order valence-electron chi connectivity index (χ0n) is 13.5. The van der Waals surface area contributed by atoms with E-state index in [1.54, 1.807) is 7.11 Å². The third kappa shape index (κ3) is 3.91. The van der Waals surface area contributed by atoms with Gasteiger partial charge in [-0.3, -0.25) is 0 Å². The molecule has 0 atom stereocenters. The molecule has 0 aromatic carbocycles. The number of rotatable bonds is 8. The number of aromatic carboxylic acids is 1. The van der Waals surface area contributed by atoms with Gasteiger partial charge in [0, 0.05) is 19.7 Å². The zero-order chi connectivity index (χ0) is 16.0. The Bertz CT molecular complexity index is 489. The van der Waals surface area contributed by atoms with Crippen LogP contribution in [0.5, 0.6) is 0 Å². The predicted octanol–water partition coefficient (Wildman–Crippen LogP) is 2.16. The van der Waals surface area contributed by atoms with E-state index in [9.17, 15) is 9.90 Å². The van der Waals surface area contributed by atoms with Crippen LogP contribution in [0.2, 0.25) is 0 Å². The van der Waals surface area contributed by atoms with Gasteiger partial charge in [0.05, 0.1) is 12.3 Å². The molecular weight excluding hydrogens is 270 g/mol. The van der Waals surface area contributed by atoms with E-state index in [2.05, 4.69) is 10.2 Å². The highest BCUT2D eigenvalue weighted by Gasteiger charge is 2.25. The first-order valence-electron chi connectivity index (χ1n) is 7.35. The third-order valence-corrected chi connectivity index (χ3v) is 3.47. The molecule has 0 radical (unpaired) electrons. The number of nitrogens with zero attached hydrogens (tertiary/aromatic N) is 3. The highest BCUT2D eigenvalue weighted by molar-refractivity contribution is 5.95. The number of methoxy groups -OCH3 is 1. The lowest BCUT2D eigenvalue weighted by atomic mass is 10.0. The molecule has 118 valence electrons. The van der Waals surface area contributed by atoms with Gasteiger partial charge in [0.2, 0.25) is 0 Å². The minimum atomic E-state index is -0.950. The van der Waals surface area contributed by atoms with Crippen LogP contribution in [-0.2, 0) is 17.6 Å². The van der Waals surface area contributed by atoms with E-state index < -0.39 is 5.97 Å². The number of anilines is 1. The Kier molecular flexibility index (Phi) is 6.55. The zero-order valence-corrected chi connectivity index (χ0v) is 13.5. The van der Waals surface area contributed by atoms with Gasteiger partial charge < -0.3 is 14.7 Å². The van der Waals surface area contributed by atoms with Crippen LogP contribution in [0.3, 0.4) is 0 Å². The second-order valence-electron chi connectivity index (χ2n) is 5.12. The largest absolute Gasteiger partial charge is 0.478 e. The van der Waals surface area contributed by atoms with E-state index in [4.69, 9.17) is 4.74 Å². The van der Waals surface area contributed by atoms with Crippen LogP contribution >= 0.6 is 0 Å². The lowest BCUT2D eigenvalue weighted by Crippen LogP contribution is -2.36. The van der Waals surface area contributed by atoms with Crippen LogP contribution in [0.4, 0.5) is 5.82 Å². The van der Waals surface area contributed by atoms with Gasteiger partial charge in [0.15, 0.2) is 5.82 Å². The topological polar surface area (TPSA) is 75.5 Å². The highest BCUT2D eigenvalue weighted by atomic mass is 16.5. The average Bonchev–Trinajstić information content (AvgIpc) is 2.46. The molecule has 21 heavy (non-hydrogen) atoms. The summed E-state index contributed by atoms with van der Waals surface area (Å²) in [5, 5.41) is 18.0. The molecule has 0 fully saturated rings. The van der Waals surface area contributed by atoms with Crippen molar-refractivity contribution in [3.8, 4) is 0 Å². The average molecular weight is 295 g/mol. The molecular formula is C15H25N3O3. The molecule has 0 bridgehead atoms. The normalized spacial score (nSPS) is 11.0. The molecule has 0 aliphatic rings. The molecule has 1 aromatic heterocycles. The van der Waals surface area contributed by atoms with Gasteiger partial charge in [-0.15, -0.1) is 5.10 Å². The number of aryl methyl sites for hydroxylation is 1. The number of hydrogen-bond donors (Lipinski definition) is 1. The van der Waals surface area contributed by atoms with Crippen molar-refractivity contribution < 1.29 is 14.6 Å². The summed E-state index contributed by atoms with van der Waals surface area (Å²) in [6.45, 7) is 9.00. The van der Waals surface area contributed by atoms with E-state index in [1.807, 2.05) is 32.6 Å². The molecule has 0 aliphatic heterocycles. The van der Waals surface area contributed by atoms with Gasteiger partial charge in [-0.2, -0.15) is 5.10 Å². The van der Waals surface area contributed by atoms with Crippen molar-refractivity contribution in [3.63, 3.8) is 0 Å². The number of hydrogen-bond acceptors (Lipinski definition) is 5. The Morgan fingerprint density at radius 1 is 1.29 bits per heavy atom. The summed E-state index contributed by atoms with van der Waals surface area (Å²) in [5.74, 6) is -0.516. The Balaban J connectivity index is 3.42. The lowest BCUT2D eigenvalue weighted by molar-refractivity contribution is 0.0695. The molecule has 1 heterocycles. The Hall–Kier alpha value is -1.69. The summed E-state index contributed by atoms with van der Waals surface area (Å²) in [4.78, 5) is 13.7. The van der Waals surface area contributed by atoms with Crippen molar-refractivity contribution in [2.75, 3.05) is 25.2 Å². The van der Waals surface area contributed by atoms with Gasteiger partial charge in [-0.05, 0) is 32.3 Å². The third-order valence-electron chi connectivity index (χ3n) is 3.47. The van der Waals surface area contributed by atoms with E-state index in [-0.39, 0.29) is 11.6 Å². The van der Waals surface area contributed by atoms with Crippen molar-refractivity contribution in [3.05, 3.63) is 16.8 Å². The SMILES string of the molecule is CCc1nnc(N(CCOC)C(C)C)c(C(=O)O)c1CC. The predicted molar refractivity (Wildman–Crippen MR) is 82.1 cm³/mol. The Morgan fingerprint density at radius 3 is 2.38 bits per heavy atom. The quantitative estimate of drug-likeness (QED) is 0.792. The molecule has 1 N–H and O–H groups in total. The van der Waals surface area contributed by atoms with Crippen molar-refractivity contribution in [2.24, 2.45) is 0 Å². The number of aromatic nitrogens is 2. The number of carbonyl (C=O) groups is 1. The van der Waals surface area contributed by atoms with Crippen LogP contribution in [0.1, 0.15) is 49.3 Å². The fraction of sp³-hybridized carbons (Fsp3) is 0.667. The monoisotopic (exact) mass is 295 g/mol. The first kappa shape index (κ1) is 17.4. The smallest absolute Gasteiger partial charge is 0.339 e. The molecule has 0 unspecified atom stereocenters. The molecule has 0 aliphatic carbocycles. The van der Waals surface area contributed by atoms with Gasteiger partial charge in [-0.25, -0.2) is 4.79 Å². The lowest BCUT2D eigenvalue weighted by Gasteiger charge is -2.29. The first-order chi connectivity index (χ1) is 9.97. The van der Waals surface area contributed by atoms with E-state index >= 15 is 0 Å². The van der Waals surface area contributed by atoms with Crippen LogP contribution in [0, 0.1) is 0 Å². The molecule has 0 amide bonds. The molecule has 1 rings (SSSR count). The maximum absolute atomic E-state index is 11.7. The maximum atomic E-state index is 11.7. The number of carboxylic acid groups (broad SMARTS) is 1. The summed E-state index contributed by atoms with van der Waals surface area (Å²) in [6.07, 6.45) is 1.31. The van der Waals surface area contributed by atoms with Crippen LogP contribution in [0.15, 0.2) is 0 Å². The maximum Gasteiger partial charge on any atom is 0.339 e. The fourth-order valence-electron chi connectivity index (χ4n) is 2.39. The van der Waals surface area contributed by atoms with Crippen LogP contribution in [-0.4, -0.2) is 47.6 Å². The van der Waals surface area contributed by atoms with E-state index in [0.717, 1.165) is 11.3 Å². The van der Waals surface area contributed by atoms with Gasteiger partial charge >= 0.3 is 5.97 Å². The van der Waals surface area contributed by atoms with Gasteiger partial charge in [0.25, 0.3) is 0 Å². The molecule has 1 aromatic rings. The van der Waals surface area contributed by atoms with Gasteiger partial charge in [-0.1, -0.05) is 13.8 Å². The van der Waals surface area contributed by atoms with Crippen molar-refractivity contribution >= 4 is 11.8 Å². The van der Waals surface area contributed by atoms with E-state index in [1.165, 1.54) is 0 Å². The van der Waals surface area contributed by atoms with Crippen LogP contribution in [0.25, 0.3) is 0 Å². The first-order valence-corrected chi connectivity index (χ1v) is 7.35. The summed E-state index contributed by atoms with van der Waals surface area (Å²) in [6, 6.07) is 0.115. The minimum absolute atomic E-state index is 0.115. The number of ether oxygens (including phenoxy) is 1. The molecule has 0 saturated heterocycles. The summed E-state index contributed by atoms with van der Waals surface area (Å²) < 4.78 is 5.11. The van der Waals surface area contributed by atoms with E-state index in [0.29, 0.717) is 31.8 Å². The molecule has 6 nitrogen and oxygen atoms in total. The number of carboxylic acids is 1. The molecule has 0 saturated carbocycles.